The summed E-state index contributed by atoms with van der Waals surface area (Å²) in [6, 6.07) is 16.5. The molecule has 0 saturated heterocycles. The molecule has 0 aliphatic carbocycles. The van der Waals surface area contributed by atoms with Crippen LogP contribution in [0.25, 0.3) is 11.4 Å². The van der Waals surface area contributed by atoms with Crippen LogP contribution >= 0.6 is 11.6 Å². The number of benzene rings is 1. The van der Waals surface area contributed by atoms with Crippen LogP contribution in [0, 0.1) is 0 Å². The largest absolute Gasteiger partial charge is 0.348 e. The average Bonchev–Trinajstić information content (AvgIpc) is 2.61. The fourth-order valence-corrected chi connectivity index (χ4v) is 2.34. The van der Waals surface area contributed by atoms with Crippen LogP contribution in [0.15, 0.2) is 67.0 Å². The van der Waals surface area contributed by atoms with Gasteiger partial charge in [-0.2, -0.15) is 0 Å². The maximum atomic E-state index is 12.1. The van der Waals surface area contributed by atoms with Gasteiger partial charge in [-0.25, -0.2) is 0 Å². The van der Waals surface area contributed by atoms with Crippen molar-refractivity contribution in [3.63, 3.8) is 0 Å². The van der Waals surface area contributed by atoms with Crippen LogP contribution < -0.4 is 5.32 Å². The number of amides is 1. The first-order valence-electron chi connectivity index (χ1n) is 7.13. The van der Waals surface area contributed by atoms with Gasteiger partial charge in [0.1, 0.15) is 0 Å². The molecule has 1 amide bonds. The molecule has 1 N–H and O–H groups in total. The zero-order chi connectivity index (χ0) is 16.1. The molecular weight excluding hydrogens is 310 g/mol. The van der Waals surface area contributed by atoms with Gasteiger partial charge in [-0.3, -0.25) is 14.8 Å². The second kappa shape index (κ2) is 7.03. The molecule has 0 spiro atoms. The number of hydrogen-bond donors (Lipinski definition) is 1. The molecule has 23 heavy (non-hydrogen) atoms. The third-order valence-corrected chi connectivity index (χ3v) is 3.65. The first kappa shape index (κ1) is 15.2. The van der Waals surface area contributed by atoms with E-state index in [2.05, 4.69) is 15.3 Å². The smallest absolute Gasteiger partial charge is 0.253 e. The standard InChI is InChI=1S/C18H14ClN3O/c19-15-6-2-1-5-14(15)18(23)22-12-13-8-9-17(21-11-13)16-7-3-4-10-20-16/h1-11H,12H2,(H,22,23). The number of nitrogens with zero attached hydrogens (tertiary/aromatic N) is 2. The zero-order valence-electron chi connectivity index (χ0n) is 12.2. The number of carbonyl (C=O) groups excluding carboxylic acids is 1. The summed E-state index contributed by atoms with van der Waals surface area (Å²) in [4.78, 5) is 20.7. The predicted octanol–water partition coefficient (Wildman–Crippen LogP) is 3.73. The van der Waals surface area contributed by atoms with Crippen LogP contribution in [-0.4, -0.2) is 15.9 Å². The topological polar surface area (TPSA) is 54.9 Å². The minimum atomic E-state index is -0.204. The molecule has 0 saturated carbocycles. The third kappa shape index (κ3) is 3.73. The van der Waals surface area contributed by atoms with E-state index < -0.39 is 0 Å². The van der Waals surface area contributed by atoms with Gasteiger partial charge in [0.25, 0.3) is 5.91 Å². The monoisotopic (exact) mass is 323 g/mol. The Labute approximate surface area is 139 Å². The van der Waals surface area contributed by atoms with Crippen molar-refractivity contribution in [3.05, 3.63) is 83.1 Å². The van der Waals surface area contributed by atoms with Gasteiger partial charge in [-0.05, 0) is 35.9 Å². The summed E-state index contributed by atoms with van der Waals surface area (Å²) >= 11 is 6.01. The molecule has 2 heterocycles. The van der Waals surface area contributed by atoms with Crippen molar-refractivity contribution in [1.29, 1.82) is 0 Å². The third-order valence-electron chi connectivity index (χ3n) is 3.32. The van der Waals surface area contributed by atoms with Crippen molar-refractivity contribution >= 4 is 17.5 Å². The SMILES string of the molecule is O=C(NCc1ccc(-c2ccccn2)nc1)c1ccccc1Cl. The highest BCUT2D eigenvalue weighted by Crippen LogP contribution is 2.15. The van der Waals surface area contributed by atoms with Crippen molar-refractivity contribution in [3.8, 4) is 11.4 Å². The van der Waals surface area contributed by atoms with E-state index in [1.807, 2.05) is 30.3 Å². The van der Waals surface area contributed by atoms with E-state index >= 15 is 0 Å². The summed E-state index contributed by atoms with van der Waals surface area (Å²) < 4.78 is 0. The molecule has 4 nitrogen and oxygen atoms in total. The van der Waals surface area contributed by atoms with Crippen LogP contribution in [0.3, 0.4) is 0 Å². The van der Waals surface area contributed by atoms with E-state index in [-0.39, 0.29) is 5.91 Å². The van der Waals surface area contributed by atoms with E-state index in [0.29, 0.717) is 17.1 Å². The molecule has 2 aromatic heterocycles. The highest BCUT2D eigenvalue weighted by atomic mass is 35.5. The number of pyridine rings is 2. The number of nitrogens with one attached hydrogen (secondary N) is 1. The van der Waals surface area contributed by atoms with Crippen molar-refractivity contribution in [2.24, 2.45) is 0 Å². The molecule has 1 aromatic carbocycles. The number of halogens is 1. The van der Waals surface area contributed by atoms with Gasteiger partial charge in [-0.1, -0.05) is 35.9 Å². The second-order valence-corrected chi connectivity index (χ2v) is 5.34. The molecule has 0 radical (unpaired) electrons. The summed E-state index contributed by atoms with van der Waals surface area (Å²) in [6.45, 7) is 0.388. The number of rotatable bonds is 4. The Morgan fingerprint density at radius 3 is 2.43 bits per heavy atom. The summed E-state index contributed by atoms with van der Waals surface area (Å²) in [5.41, 5.74) is 2.99. The lowest BCUT2D eigenvalue weighted by Crippen LogP contribution is -2.23. The average molecular weight is 324 g/mol. The Hall–Kier alpha value is -2.72. The Balaban J connectivity index is 1.65. The van der Waals surface area contributed by atoms with E-state index in [9.17, 15) is 4.79 Å². The summed E-state index contributed by atoms with van der Waals surface area (Å²) in [7, 11) is 0. The summed E-state index contributed by atoms with van der Waals surface area (Å²) in [5.74, 6) is -0.204. The lowest BCUT2D eigenvalue weighted by atomic mass is 10.2. The molecular formula is C18H14ClN3O. The van der Waals surface area contributed by atoms with Gasteiger partial charge in [0, 0.05) is 18.9 Å². The summed E-state index contributed by atoms with van der Waals surface area (Å²) in [5, 5.41) is 3.27. The van der Waals surface area contributed by atoms with Crippen molar-refractivity contribution in [2.45, 2.75) is 6.54 Å². The molecule has 5 heteroatoms. The highest BCUT2D eigenvalue weighted by Gasteiger charge is 2.09. The Kier molecular flexibility index (Phi) is 4.64. The molecule has 0 fully saturated rings. The Morgan fingerprint density at radius 1 is 0.957 bits per heavy atom. The predicted molar refractivity (Wildman–Crippen MR) is 90.1 cm³/mol. The van der Waals surface area contributed by atoms with Crippen LogP contribution in [0.4, 0.5) is 0 Å². The first-order chi connectivity index (χ1) is 11.2. The minimum absolute atomic E-state index is 0.204. The molecule has 3 aromatic rings. The van der Waals surface area contributed by atoms with Crippen molar-refractivity contribution in [2.75, 3.05) is 0 Å². The van der Waals surface area contributed by atoms with E-state index in [1.54, 1.807) is 36.7 Å². The van der Waals surface area contributed by atoms with E-state index in [0.717, 1.165) is 17.0 Å². The van der Waals surface area contributed by atoms with Crippen molar-refractivity contribution < 1.29 is 4.79 Å². The lowest BCUT2D eigenvalue weighted by molar-refractivity contribution is 0.0951. The van der Waals surface area contributed by atoms with Gasteiger partial charge in [-0.15, -0.1) is 0 Å². The van der Waals surface area contributed by atoms with Crippen LogP contribution in [0.1, 0.15) is 15.9 Å². The van der Waals surface area contributed by atoms with Crippen LogP contribution in [0.5, 0.6) is 0 Å². The van der Waals surface area contributed by atoms with E-state index in [1.165, 1.54) is 0 Å². The Morgan fingerprint density at radius 2 is 1.74 bits per heavy atom. The first-order valence-corrected chi connectivity index (χ1v) is 7.51. The maximum Gasteiger partial charge on any atom is 0.253 e. The molecule has 0 atom stereocenters. The van der Waals surface area contributed by atoms with Crippen LogP contribution in [0.2, 0.25) is 5.02 Å². The lowest BCUT2D eigenvalue weighted by Gasteiger charge is -2.07. The van der Waals surface area contributed by atoms with Gasteiger partial charge >= 0.3 is 0 Å². The molecule has 114 valence electrons. The van der Waals surface area contributed by atoms with Gasteiger partial charge in [0.05, 0.1) is 22.0 Å². The maximum absolute atomic E-state index is 12.1. The van der Waals surface area contributed by atoms with E-state index in [4.69, 9.17) is 11.6 Å². The number of aromatic nitrogens is 2. The van der Waals surface area contributed by atoms with Gasteiger partial charge < -0.3 is 5.32 Å². The van der Waals surface area contributed by atoms with Gasteiger partial charge in [0.15, 0.2) is 0 Å². The number of hydrogen-bond acceptors (Lipinski definition) is 3. The molecule has 0 aliphatic heterocycles. The highest BCUT2D eigenvalue weighted by molar-refractivity contribution is 6.33. The number of carbonyl (C=O) groups is 1. The Bertz CT molecular complexity index is 804. The quantitative estimate of drug-likeness (QED) is 0.796. The summed E-state index contributed by atoms with van der Waals surface area (Å²) in [6.07, 6.45) is 3.46. The second-order valence-electron chi connectivity index (χ2n) is 4.93. The van der Waals surface area contributed by atoms with Crippen molar-refractivity contribution in [1.82, 2.24) is 15.3 Å². The minimum Gasteiger partial charge on any atom is -0.348 e. The fourth-order valence-electron chi connectivity index (χ4n) is 2.12. The zero-order valence-corrected chi connectivity index (χ0v) is 13.0. The normalized spacial score (nSPS) is 10.3. The molecule has 0 aliphatic rings. The van der Waals surface area contributed by atoms with Gasteiger partial charge in [0.2, 0.25) is 0 Å². The molecule has 0 bridgehead atoms. The fraction of sp³-hybridized carbons (Fsp3) is 0.0556. The molecule has 0 unspecified atom stereocenters. The molecule has 3 rings (SSSR count). The van der Waals surface area contributed by atoms with Crippen LogP contribution in [-0.2, 0) is 6.54 Å².